The number of hydrogen-bond acceptors (Lipinski definition) is 5. The quantitative estimate of drug-likeness (QED) is 0.520. The van der Waals surface area contributed by atoms with E-state index in [4.69, 9.17) is 0 Å². The number of hydrogen-bond donors (Lipinski definition) is 1. The number of nitrogens with one attached hydrogen (secondary N) is 1. The predicted molar refractivity (Wildman–Crippen MR) is 74.3 cm³/mol. The summed E-state index contributed by atoms with van der Waals surface area (Å²) in [6.45, 7) is 7.42. The Bertz CT molecular complexity index is 621. The molecule has 0 radical (unpaired) electrons. The summed E-state index contributed by atoms with van der Waals surface area (Å²) in [6.07, 6.45) is 1.69. The van der Waals surface area contributed by atoms with Crippen molar-refractivity contribution in [2.45, 2.75) is 19.9 Å². The molecule has 5 nitrogen and oxygen atoms in total. The Morgan fingerprint density at radius 2 is 2.33 bits per heavy atom. The molecule has 1 aromatic carbocycles. The number of benzene rings is 1. The number of thiazole rings is 1. The van der Waals surface area contributed by atoms with Crippen molar-refractivity contribution >= 4 is 32.9 Å². The van der Waals surface area contributed by atoms with E-state index in [9.17, 15) is 10.1 Å². The third kappa shape index (κ3) is 2.33. The number of nitro benzene ring substituents is 1. The van der Waals surface area contributed by atoms with Gasteiger partial charge in [0.1, 0.15) is 5.69 Å². The summed E-state index contributed by atoms with van der Waals surface area (Å²) in [5.41, 5.74) is 1.33. The lowest BCUT2D eigenvalue weighted by molar-refractivity contribution is -0.383. The van der Waals surface area contributed by atoms with Crippen LogP contribution in [0, 0.1) is 17.0 Å². The number of nitrogens with zero attached hydrogens (tertiary/aromatic N) is 2. The first-order valence-electron chi connectivity index (χ1n) is 5.46. The first-order chi connectivity index (χ1) is 8.51. The molecule has 0 saturated heterocycles. The maximum Gasteiger partial charge on any atom is 0.293 e. The van der Waals surface area contributed by atoms with E-state index in [1.807, 2.05) is 13.8 Å². The van der Waals surface area contributed by atoms with Crippen LogP contribution < -0.4 is 5.32 Å². The van der Waals surface area contributed by atoms with Gasteiger partial charge in [-0.1, -0.05) is 6.08 Å². The van der Waals surface area contributed by atoms with Crippen LogP contribution in [0.5, 0.6) is 0 Å². The van der Waals surface area contributed by atoms with Crippen LogP contribution >= 0.6 is 11.3 Å². The Labute approximate surface area is 108 Å². The third-order valence-electron chi connectivity index (χ3n) is 2.55. The molecule has 0 amide bonds. The lowest BCUT2D eigenvalue weighted by Crippen LogP contribution is -2.12. The summed E-state index contributed by atoms with van der Waals surface area (Å²) in [7, 11) is 0. The van der Waals surface area contributed by atoms with Crippen LogP contribution in [-0.4, -0.2) is 15.9 Å². The van der Waals surface area contributed by atoms with Gasteiger partial charge >= 0.3 is 0 Å². The summed E-state index contributed by atoms with van der Waals surface area (Å²) in [5.74, 6) is 0. The summed E-state index contributed by atoms with van der Waals surface area (Å²) in [6, 6.07) is 3.25. The van der Waals surface area contributed by atoms with E-state index >= 15 is 0 Å². The van der Waals surface area contributed by atoms with Crippen LogP contribution in [0.25, 0.3) is 10.2 Å². The van der Waals surface area contributed by atoms with Gasteiger partial charge < -0.3 is 5.32 Å². The Hall–Kier alpha value is -1.95. The zero-order chi connectivity index (χ0) is 13.3. The molecule has 1 unspecified atom stereocenters. The molecule has 0 fully saturated rings. The van der Waals surface area contributed by atoms with Crippen LogP contribution in [0.4, 0.5) is 11.4 Å². The van der Waals surface area contributed by atoms with E-state index in [1.165, 1.54) is 11.3 Å². The van der Waals surface area contributed by atoms with Crippen molar-refractivity contribution in [3.63, 3.8) is 0 Å². The highest BCUT2D eigenvalue weighted by Crippen LogP contribution is 2.33. The zero-order valence-electron chi connectivity index (χ0n) is 10.1. The molecule has 0 saturated carbocycles. The zero-order valence-corrected chi connectivity index (χ0v) is 11.0. The number of aryl methyl sites for hydroxylation is 1. The van der Waals surface area contributed by atoms with Gasteiger partial charge in [0.05, 0.1) is 20.1 Å². The highest BCUT2D eigenvalue weighted by atomic mass is 32.1. The first kappa shape index (κ1) is 12.5. The fraction of sp³-hybridized carbons (Fsp3) is 0.250. The molecule has 2 rings (SSSR count). The normalized spacial score (nSPS) is 12.3. The van der Waals surface area contributed by atoms with Crippen molar-refractivity contribution in [3.8, 4) is 0 Å². The minimum atomic E-state index is -0.382. The molecular formula is C12H13N3O2S. The minimum Gasteiger partial charge on any atom is -0.374 e. The number of nitro groups is 1. The fourth-order valence-electron chi connectivity index (χ4n) is 1.65. The SMILES string of the molecule is C=CC(C)Nc1cc2nc(C)sc2cc1[N+](=O)[O-]. The van der Waals surface area contributed by atoms with E-state index in [0.717, 1.165) is 15.2 Å². The molecule has 0 aliphatic carbocycles. The van der Waals surface area contributed by atoms with Gasteiger partial charge in [-0.2, -0.15) is 0 Å². The first-order valence-corrected chi connectivity index (χ1v) is 6.27. The molecule has 1 aromatic heterocycles. The average Bonchev–Trinajstić information content (AvgIpc) is 2.66. The molecule has 1 heterocycles. The molecule has 0 aliphatic heterocycles. The Kier molecular flexibility index (Phi) is 3.29. The van der Waals surface area contributed by atoms with Crippen molar-refractivity contribution in [3.05, 3.63) is 39.9 Å². The topological polar surface area (TPSA) is 68.1 Å². The molecule has 0 spiro atoms. The van der Waals surface area contributed by atoms with E-state index in [-0.39, 0.29) is 16.7 Å². The number of rotatable bonds is 4. The van der Waals surface area contributed by atoms with Crippen molar-refractivity contribution in [2.75, 3.05) is 5.32 Å². The molecule has 0 aliphatic rings. The molecule has 1 atom stereocenters. The summed E-state index contributed by atoms with van der Waals surface area (Å²) < 4.78 is 0.830. The van der Waals surface area contributed by atoms with Gasteiger partial charge in [-0.25, -0.2) is 4.98 Å². The summed E-state index contributed by atoms with van der Waals surface area (Å²) >= 11 is 1.45. The number of aromatic nitrogens is 1. The van der Waals surface area contributed by atoms with Crippen LogP contribution in [-0.2, 0) is 0 Å². The highest BCUT2D eigenvalue weighted by molar-refractivity contribution is 7.18. The highest BCUT2D eigenvalue weighted by Gasteiger charge is 2.17. The van der Waals surface area contributed by atoms with Gasteiger partial charge in [0.2, 0.25) is 0 Å². The molecule has 2 aromatic rings. The Morgan fingerprint density at radius 1 is 1.61 bits per heavy atom. The van der Waals surface area contributed by atoms with Crippen LogP contribution in [0.15, 0.2) is 24.8 Å². The number of fused-ring (bicyclic) bond motifs is 1. The van der Waals surface area contributed by atoms with Gasteiger partial charge in [0, 0.05) is 12.1 Å². The Morgan fingerprint density at radius 3 is 2.94 bits per heavy atom. The van der Waals surface area contributed by atoms with E-state index in [2.05, 4.69) is 16.9 Å². The van der Waals surface area contributed by atoms with E-state index < -0.39 is 0 Å². The van der Waals surface area contributed by atoms with Gasteiger partial charge in [0.15, 0.2) is 0 Å². The van der Waals surface area contributed by atoms with E-state index in [1.54, 1.807) is 18.2 Å². The van der Waals surface area contributed by atoms with Gasteiger partial charge in [-0.15, -0.1) is 17.9 Å². The van der Waals surface area contributed by atoms with Crippen LogP contribution in [0.1, 0.15) is 11.9 Å². The molecule has 1 N–H and O–H groups in total. The maximum atomic E-state index is 11.1. The van der Waals surface area contributed by atoms with Crippen LogP contribution in [0.2, 0.25) is 0 Å². The van der Waals surface area contributed by atoms with Crippen molar-refractivity contribution in [1.29, 1.82) is 0 Å². The second-order valence-corrected chi connectivity index (χ2v) is 5.23. The lowest BCUT2D eigenvalue weighted by atomic mass is 10.2. The fourth-order valence-corrected chi connectivity index (χ4v) is 2.49. The lowest BCUT2D eigenvalue weighted by Gasteiger charge is -2.10. The monoisotopic (exact) mass is 263 g/mol. The molecular weight excluding hydrogens is 250 g/mol. The summed E-state index contributed by atoms with van der Waals surface area (Å²) in [5, 5.41) is 15.0. The molecule has 18 heavy (non-hydrogen) atoms. The smallest absolute Gasteiger partial charge is 0.293 e. The molecule has 94 valence electrons. The molecule has 0 bridgehead atoms. The van der Waals surface area contributed by atoms with Gasteiger partial charge in [-0.05, 0) is 19.9 Å². The van der Waals surface area contributed by atoms with Gasteiger partial charge in [-0.3, -0.25) is 10.1 Å². The van der Waals surface area contributed by atoms with E-state index in [0.29, 0.717) is 5.69 Å². The third-order valence-corrected chi connectivity index (χ3v) is 3.48. The minimum absolute atomic E-state index is 0.0408. The van der Waals surface area contributed by atoms with Crippen molar-refractivity contribution in [2.24, 2.45) is 0 Å². The standard InChI is InChI=1S/C12H13N3O2S/c1-4-7(2)13-9-5-10-12(18-8(3)14-10)6-11(9)15(16)17/h4-7,13H,1H2,2-3H3. The second-order valence-electron chi connectivity index (χ2n) is 4.00. The number of anilines is 1. The maximum absolute atomic E-state index is 11.1. The van der Waals surface area contributed by atoms with Gasteiger partial charge in [0.25, 0.3) is 5.69 Å². The predicted octanol–water partition coefficient (Wildman–Crippen LogP) is 3.50. The largest absolute Gasteiger partial charge is 0.374 e. The average molecular weight is 263 g/mol. The van der Waals surface area contributed by atoms with Crippen molar-refractivity contribution < 1.29 is 4.92 Å². The second kappa shape index (κ2) is 4.73. The van der Waals surface area contributed by atoms with Crippen molar-refractivity contribution in [1.82, 2.24) is 4.98 Å². The Balaban J connectivity index is 2.56. The molecule has 6 heteroatoms. The summed E-state index contributed by atoms with van der Waals surface area (Å²) in [4.78, 5) is 15.0. The van der Waals surface area contributed by atoms with Crippen LogP contribution in [0.3, 0.4) is 0 Å².